The van der Waals surface area contributed by atoms with Gasteiger partial charge in [0.05, 0.1) is 7.11 Å². The highest BCUT2D eigenvalue weighted by atomic mass is 19.1. The van der Waals surface area contributed by atoms with Crippen LogP contribution in [0.25, 0.3) is 0 Å². The number of likely N-dealkylation sites (tertiary alicyclic amines) is 1. The lowest BCUT2D eigenvalue weighted by Gasteiger charge is -2.39. The molecule has 1 aromatic rings. The van der Waals surface area contributed by atoms with Crippen molar-refractivity contribution in [2.75, 3.05) is 26.7 Å². The molecule has 0 aromatic heterocycles. The van der Waals surface area contributed by atoms with E-state index >= 15 is 0 Å². The number of halogens is 1. The summed E-state index contributed by atoms with van der Waals surface area (Å²) in [5.41, 5.74) is -0.976. The summed E-state index contributed by atoms with van der Waals surface area (Å²) in [6.45, 7) is 7.81. The van der Waals surface area contributed by atoms with Gasteiger partial charge in [0.1, 0.15) is 11.6 Å². The standard InChI is InChI=1S/C19H29FN2O3/c1-18(2,3)12-21-13-19(24)8-5-9-22(17(19)23)11-14-10-15(25-4)6-7-16(14)20/h6-7,10,21,24H,5,8-9,11-13H2,1-4H3/t19-/m1/s1. The molecule has 2 N–H and O–H groups in total. The highest BCUT2D eigenvalue weighted by molar-refractivity contribution is 5.86. The van der Waals surface area contributed by atoms with Gasteiger partial charge in [-0.3, -0.25) is 4.79 Å². The minimum atomic E-state index is -1.43. The van der Waals surface area contributed by atoms with Crippen molar-refractivity contribution in [3.8, 4) is 5.75 Å². The van der Waals surface area contributed by atoms with Gasteiger partial charge in [-0.05, 0) is 36.5 Å². The first-order valence-electron chi connectivity index (χ1n) is 8.69. The number of carbonyl (C=O) groups is 1. The minimum absolute atomic E-state index is 0.0669. The smallest absolute Gasteiger partial charge is 0.256 e. The van der Waals surface area contributed by atoms with Crippen molar-refractivity contribution < 1.29 is 19.0 Å². The minimum Gasteiger partial charge on any atom is -0.497 e. The van der Waals surface area contributed by atoms with Crippen LogP contribution in [0.5, 0.6) is 5.75 Å². The molecule has 5 nitrogen and oxygen atoms in total. The van der Waals surface area contributed by atoms with Crippen molar-refractivity contribution >= 4 is 5.91 Å². The number of carbonyl (C=O) groups excluding carboxylic acids is 1. The van der Waals surface area contributed by atoms with Gasteiger partial charge in [-0.2, -0.15) is 0 Å². The largest absolute Gasteiger partial charge is 0.497 e. The zero-order valence-electron chi connectivity index (χ0n) is 15.6. The molecule has 25 heavy (non-hydrogen) atoms. The van der Waals surface area contributed by atoms with Gasteiger partial charge < -0.3 is 20.1 Å². The van der Waals surface area contributed by atoms with Crippen LogP contribution in [-0.4, -0.2) is 48.3 Å². The van der Waals surface area contributed by atoms with E-state index in [-0.39, 0.29) is 30.2 Å². The Morgan fingerprint density at radius 3 is 2.76 bits per heavy atom. The Morgan fingerprint density at radius 2 is 2.12 bits per heavy atom. The van der Waals surface area contributed by atoms with Gasteiger partial charge in [0.2, 0.25) is 0 Å². The van der Waals surface area contributed by atoms with Crippen LogP contribution < -0.4 is 10.1 Å². The van der Waals surface area contributed by atoms with Crippen LogP contribution in [0.4, 0.5) is 4.39 Å². The predicted molar refractivity (Wildman–Crippen MR) is 94.9 cm³/mol. The molecule has 140 valence electrons. The number of amides is 1. The second kappa shape index (κ2) is 7.70. The summed E-state index contributed by atoms with van der Waals surface area (Å²) >= 11 is 0. The molecule has 1 fully saturated rings. The van der Waals surface area contributed by atoms with Crippen molar-refractivity contribution in [3.63, 3.8) is 0 Å². The van der Waals surface area contributed by atoms with Gasteiger partial charge in [0.15, 0.2) is 5.60 Å². The maximum Gasteiger partial charge on any atom is 0.256 e. The summed E-state index contributed by atoms with van der Waals surface area (Å²) in [6.07, 6.45) is 1.10. The van der Waals surface area contributed by atoms with Crippen LogP contribution >= 0.6 is 0 Å². The number of nitrogens with zero attached hydrogens (tertiary/aromatic N) is 1. The van der Waals surface area contributed by atoms with Gasteiger partial charge in [-0.25, -0.2) is 4.39 Å². The topological polar surface area (TPSA) is 61.8 Å². The summed E-state index contributed by atoms with van der Waals surface area (Å²) in [5, 5.41) is 14.0. The van der Waals surface area contributed by atoms with E-state index in [4.69, 9.17) is 4.74 Å². The average Bonchev–Trinajstić information content (AvgIpc) is 2.53. The first-order valence-corrected chi connectivity index (χ1v) is 8.69. The quantitative estimate of drug-likeness (QED) is 0.825. The molecule has 6 heteroatoms. The average molecular weight is 352 g/mol. The van der Waals surface area contributed by atoms with Crippen LogP contribution in [0.2, 0.25) is 0 Å². The van der Waals surface area contributed by atoms with Crippen molar-refractivity contribution in [1.29, 1.82) is 0 Å². The van der Waals surface area contributed by atoms with E-state index in [1.54, 1.807) is 12.1 Å². The fraction of sp³-hybridized carbons (Fsp3) is 0.632. The predicted octanol–water partition coefficient (Wildman–Crippen LogP) is 2.32. The Morgan fingerprint density at radius 1 is 1.40 bits per heavy atom. The van der Waals surface area contributed by atoms with E-state index in [2.05, 4.69) is 26.1 Å². The number of hydrogen-bond donors (Lipinski definition) is 2. The summed E-state index contributed by atoms with van der Waals surface area (Å²) in [4.78, 5) is 14.3. The molecule has 0 unspecified atom stereocenters. The number of benzene rings is 1. The van der Waals surface area contributed by atoms with Crippen molar-refractivity contribution in [1.82, 2.24) is 10.2 Å². The molecule has 2 rings (SSSR count). The lowest BCUT2D eigenvalue weighted by Crippen LogP contribution is -2.58. The Hall–Kier alpha value is -1.66. The van der Waals surface area contributed by atoms with Crippen LogP contribution in [0.15, 0.2) is 18.2 Å². The van der Waals surface area contributed by atoms with Crippen LogP contribution in [0.1, 0.15) is 39.2 Å². The molecular formula is C19H29FN2O3. The summed E-state index contributed by atoms with van der Waals surface area (Å²) in [7, 11) is 1.52. The second-order valence-electron chi connectivity index (χ2n) is 7.98. The third-order valence-electron chi connectivity index (χ3n) is 4.39. The Kier molecular flexibility index (Phi) is 6.06. The fourth-order valence-corrected chi connectivity index (χ4v) is 3.03. The van der Waals surface area contributed by atoms with Gasteiger partial charge in [-0.15, -0.1) is 0 Å². The maximum atomic E-state index is 14.0. The Bertz CT molecular complexity index is 615. The Labute approximate surface area is 149 Å². The van der Waals surface area contributed by atoms with Crippen molar-refractivity contribution in [3.05, 3.63) is 29.6 Å². The SMILES string of the molecule is COc1ccc(F)c(CN2CCC[C@@](O)(CNCC(C)(C)C)C2=O)c1. The summed E-state index contributed by atoms with van der Waals surface area (Å²) in [6, 6.07) is 4.47. The zero-order chi connectivity index (χ0) is 18.7. The lowest BCUT2D eigenvalue weighted by molar-refractivity contribution is -0.157. The monoisotopic (exact) mass is 352 g/mol. The van der Waals surface area contributed by atoms with Crippen LogP contribution in [-0.2, 0) is 11.3 Å². The first kappa shape index (κ1) is 19.7. The highest BCUT2D eigenvalue weighted by Gasteiger charge is 2.42. The van der Waals surface area contributed by atoms with Crippen molar-refractivity contribution in [2.24, 2.45) is 5.41 Å². The van der Waals surface area contributed by atoms with E-state index in [9.17, 15) is 14.3 Å². The molecule has 1 aromatic carbocycles. The molecule has 0 spiro atoms. The molecule has 0 aliphatic carbocycles. The van der Waals surface area contributed by atoms with Crippen molar-refractivity contribution in [2.45, 2.75) is 45.8 Å². The number of nitrogens with one attached hydrogen (secondary N) is 1. The number of rotatable bonds is 6. The van der Waals surface area contributed by atoms with Crippen LogP contribution in [0.3, 0.4) is 0 Å². The number of aliphatic hydroxyl groups is 1. The zero-order valence-corrected chi connectivity index (χ0v) is 15.6. The van der Waals surface area contributed by atoms with E-state index in [0.717, 1.165) is 0 Å². The van der Waals surface area contributed by atoms with Crippen LogP contribution in [0, 0.1) is 11.2 Å². The highest BCUT2D eigenvalue weighted by Crippen LogP contribution is 2.26. The number of hydrogen-bond acceptors (Lipinski definition) is 4. The number of piperidine rings is 1. The van der Waals surface area contributed by atoms with E-state index in [1.807, 2.05) is 0 Å². The molecule has 1 saturated heterocycles. The number of ether oxygens (including phenoxy) is 1. The second-order valence-corrected chi connectivity index (χ2v) is 7.98. The van der Waals surface area contributed by atoms with Gasteiger partial charge >= 0.3 is 0 Å². The lowest BCUT2D eigenvalue weighted by atomic mass is 9.90. The molecule has 1 amide bonds. The summed E-state index contributed by atoms with van der Waals surface area (Å²) in [5.74, 6) is -0.182. The van der Waals surface area contributed by atoms with E-state index < -0.39 is 5.60 Å². The van der Waals surface area contributed by atoms with E-state index in [0.29, 0.717) is 37.2 Å². The van der Waals surface area contributed by atoms with Gasteiger partial charge in [-0.1, -0.05) is 20.8 Å². The van der Waals surface area contributed by atoms with E-state index in [1.165, 1.54) is 18.1 Å². The summed E-state index contributed by atoms with van der Waals surface area (Å²) < 4.78 is 19.2. The molecule has 1 aliphatic heterocycles. The number of methoxy groups -OCH3 is 1. The maximum absolute atomic E-state index is 14.0. The molecule has 1 heterocycles. The fourth-order valence-electron chi connectivity index (χ4n) is 3.03. The molecule has 1 atom stereocenters. The van der Waals surface area contributed by atoms with Gasteiger partial charge in [0, 0.05) is 31.7 Å². The molecular weight excluding hydrogens is 323 g/mol. The first-order chi connectivity index (χ1) is 11.6. The third kappa shape index (κ3) is 5.16. The Balaban J connectivity index is 2.06. The molecule has 1 aliphatic rings. The molecule has 0 saturated carbocycles. The third-order valence-corrected chi connectivity index (χ3v) is 4.39. The molecule has 0 radical (unpaired) electrons. The van der Waals surface area contributed by atoms with Gasteiger partial charge in [0.25, 0.3) is 5.91 Å². The molecule has 0 bridgehead atoms. The normalized spacial score (nSPS) is 21.5.